The minimum Gasteiger partial charge on any atom is -0.479 e. The number of carbonyl (C=O) groups excluding carboxylic acids is 1. The number of carboxylic acid groups (broad SMARTS) is 1. The van der Waals surface area contributed by atoms with E-state index in [1.54, 1.807) is 0 Å². The number of hydrogen-bond acceptors (Lipinski definition) is 6. The maximum Gasteiger partial charge on any atom is 0.334 e. The Balaban J connectivity index is 2.15. The van der Waals surface area contributed by atoms with Gasteiger partial charge in [-0.15, -0.1) is 0 Å². The Hall–Kier alpha value is -1.91. The number of ether oxygens (including phenoxy) is 1. The predicted molar refractivity (Wildman–Crippen MR) is 63.4 cm³/mol. The zero-order valence-electron chi connectivity index (χ0n) is 10.2. The van der Waals surface area contributed by atoms with Crippen LogP contribution < -0.4 is 5.14 Å². The summed E-state index contributed by atoms with van der Waals surface area (Å²) >= 11 is 0. The zero-order valence-corrected chi connectivity index (χ0v) is 11.0. The predicted octanol–water partition coefficient (Wildman–Crippen LogP) is -1.15. The SMILES string of the molecule is NS(=O)(=O)c1ccc(C(=O)N2CCOC(C(=O)O)C2)o1. The maximum absolute atomic E-state index is 12.1. The Morgan fingerprint density at radius 1 is 1.40 bits per heavy atom. The molecule has 1 unspecified atom stereocenters. The second-order valence-corrected chi connectivity index (χ2v) is 5.60. The topological polar surface area (TPSA) is 140 Å². The van der Waals surface area contributed by atoms with Crippen molar-refractivity contribution in [2.75, 3.05) is 19.7 Å². The fraction of sp³-hybridized carbons (Fsp3) is 0.400. The van der Waals surface area contributed by atoms with Gasteiger partial charge in [0.25, 0.3) is 15.9 Å². The van der Waals surface area contributed by atoms with Crippen molar-refractivity contribution in [2.24, 2.45) is 5.14 Å². The van der Waals surface area contributed by atoms with E-state index >= 15 is 0 Å². The van der Waals surface area contributed by atoms with E-state index in [9.17, 15) is 18.0 Å². The Kier molecular flexibility index (Phi) is 3.79. The number of nitrogens with two attached hydrogens (primary N) is 1. The third-order valence-corrected chi connectivity index (χ3v) is 3.48. The molecule has 0 spiro atoms. The Bertz CT molecular complexity index is 636. The third kappa shape index (κ3) is 2.98. The van der Waals surface area contributed by atoms with Crippen molar-refractivity contribution in [1.82, 2.24) is 4.90 Å². The number of morpholine rings is 1. The zero-order chi connectivity index (χ0) is 14.9. The number of carbonyl (C=O) groups is 2. The monoisotopic (exact) mass is 304 g/mol. The molecule has 1 aliphatic heterocycles. The summed E-state index contributed by atoms with van der Waals surface area (Å²) in [6.45, 7) is 0.124. The molecular formula is C10H12N2O7S. The summed E-state index contributed by atoms with van der Waals surface area (Å²) in [7, 11) is -4.03. The van der Waals surface area contributed by atoms with Gasteiger partial charge in [-0.3, -0.25) is 4.79 Å². The van der Waals surface area contributed by atoms with Crippen LogP contribution in [0, 0.1) is 0 Å². The summed E-state index contributed by atoms with van der Waals surface area (Å²) in [5, 5.41) is 13.2. The fourth-order valence-electron chi connectivity index (χ4n) is 1.73. The Morgan fingerprint density at radius 3 is 2.65 bits per heavy atom. The average Bonchev–Trinajstić information content (AvgIpc) is 2.87. The first-order valence-corrected chi connectivity index (χ1v) is 7.10. The lowest BCUT2D eigenvalue weighted by Crippen LogP contribution is -2.48. The quantitative estimate of drug-likeness (QED) is 0.718. The molecule has 0 bridgehead atoms. The number of hydrogen-bond donors (Lipinski definition) is 2. The molecule has 1 saturated heterocycles. The molecule has 2 rings (SSSR count). The van der Waals surface area contributed by atoms with Crippen LogP contribution in [0.15, 0.2) is 21.6 Å². The molecule has 1 atom stereocenters. The van der Waals surface area contributed by atoms with Crippen LogP contribution in [0.4, 0.5) is 0 Å². The molecule has 10 heteroatoms. The summed E-state index contributed by atoms with van der Waals surface area (Å²) < 4.78 is 31.9. The second kappa shape index (κ2) is 5.23. The molecule has 0 aromatic carbocycles. The molecule has 1 aliphatic rings. The lowest BCUT2D eigenvalue weighted by Gasteiger charge is -2.30. The van der Waals surface area contributed by atoms with E-state index in [1.165, 1.54) is 11.0 Å². The van der Waals surface area contributed by atoms with Crippen LogP contribution in [0.5, 0.6) is 0 Å². The fourth-order valence-corrected chi connectivity index (χ4v) is 2.19. The molecule has 0 radical (unpaired) electrons. The highest BCUT2D eigenvalue weighted by Gasteiger charge is 2.31. The molecule has 0 aliphatic carbocycles. The van der Waals surface area contributed by atoms with Crippen LogP contribution in [-0.2, 0) is 19.6 Å². The van der Waals surface area contributed by atoms with Gasteiger partial charge in [0.1, 0.15) is 0 Å². The van der Waals surface area contributed by atoms with Crippen LogP contribution in [0.3, 0.4) is 0 Å². The summed E-state index contributed by atoms with van der Waals surface area (Å²) in [6, 6.07) is 2.24. The van der Waals surface area contributed by atoms with Gasteiger partial charge in [-0.1, -0.05) is 0 Å². The first kappa shape index (κ1) is 14.5. The van der Waals surface area contributed by atoms with E-state index in [0.29, 0.717) is 0 Å². The van der Waals surface area contributed by atoms with Gasteiger partial charge in [-0.05, 0) is 12.1 Å². The highest BCUT2D eigenvalue weighted by molar-refractivity contribution is 7.89. The maximum atomic E-state index is 12.1. The number of nitrogens with zero attached hydrogens (tertiary/aromatic N) is 1. The van der Waals surface area contributed by atoms with Gasteiger partial charge in [0.05, 0.1) is 13.2 Å². The van der Waals surface area contributed by atoms with Crippen molar-refractivity contribution in [3.8, 4) is 0 Å². The molecule has 3 N–H and O–H groups in total. The van der Waals surface area contributed by atoms with Crippen LogP contribution in [0.25, 0.3) is 0 Å². The number of sulfonamides is 1. The molecule has 1 aromatic rings. The highest BCUT2D eigenvalue weighted by Crippen LogP contribution is 2.16. The van der Waals surface area contributed by atoms with E-state index in [2.05, 4.69) is 0 Å². The first-order chi connectivity index (χ1) is 9.29. The number of carboxylic acids is 1. The third-order valence-electron chi connectivity index (χ3n) is 2.70. The summed E-state index contributed by atoms with van der Waals surface area (Å²) in [6.07, 6.45) is -1.11. The van der Waals surface area contributed by atoms with Gasteiger partial charge >= 0.3 is 5.97 Å². The molecule has 1 fully saturated rings. The molecule has 110 valence electrons. The van der Waals surface area contributed by atoms with Gasteiger partial charge in [-0.2, -0.15) is 0 Å². The molecule has 2 heterocycles. The Morgan fingerprint density at radius 2 is 2.10 bits per heavy atom. The first-order valence-electron chi connectivity index (χ1n) is 5.55. The number of primary sulfonamides is 1. The van der Waals surface area contributed by atoms with Crippen molar-refractivity contribution in [1.29, 1.82) is 0 Å². The standard InChI is InChI=1S/C10H12N2O7S/c11-20(16,17)8-2-1-6(19-8)9(13)12-3-4-18-7(5-12)10(14)15/h1-2,7H,3-5H2,(H,14,15)(H2,11,16,17). The van der Waals surface area contributed by atoms with Crippen LogP contribution in [0.1, 0.15) is 10.6 Å². The Labute approximate surface area is 114 Å². The van der Waals surface area contributed by atoms with Crippen LogP contribution >= 0.6 is 0 Å². The van der Waals surface area contributed by atoms with Crippen molar-refractivity contribution in [2.45, 2.75) is 11.2 Å². The van der Waals surface area contributed by atoms with Gasteiger partial charge < -0.3 is 19.2 Å². The van der Waals surface area contributed by atoms with Gasteiger partial charge in [0.15, 0.2) is 11.9 Å². The molecule has 9 nitrogen and oxygen atoms in total. The minimum absolute atomic E-state index is 0.0749. The van der Waals surface area contributed by atoms with Crippen molar-refractivity contribution in [3.05, 3.63) is 17.9 Å². The molecule has 0 saturated carbocycles. The van der Waals surface area contributed by atoms with E-state index in [1.807, 2.05) is 0 Å². The smallest absolute Gasteiger partial charge is 0.334 e. The highest BCUT2D eigenvalue weighted by atomic mass is 32.2. The van der Waals surface area contributed by atoms with E-state index < -0.39 is 33.1 Å². The normalized spacial score (nSPS) is 19.9. The largest absolute Gasteiger partial charge is 0.479 e. The molecule has 1 aromatic heterocycles. The second-order valence-electron chi connectivity index (χ2n) is 4.11. The summed E-state index contributed by atoms with van der Waals surface area (Å²) in [5.41, 5.74) is 0. The molecule has 20 heavy (non-hydrogen) atoms. The number of rotatable bonds is 3. The summed E-state index contributed by atoms with van der Waals surface area (Å²) in [4.78, 5) is 24.1. The van der Waals surface area contributed by atoms with E-state index in [0.717, 1.165) is 6.07 Å². The molecule has 1 amide bonds. The molecular weight excluding hydrogens is 292 g/mol. The van der Waals surface area contributed by atoms with E-state index in [-0.39, 0.29) is 25.5 Å². The number of aliphatic carboxylic acids is 1. The lowest BCUT2D eigenvalue weighted by molar-refractivity contribution is -0.154. The lowest BCUT2D eigenvalue weighted by atomic mass is 10.2. The van der Waals surface area contributed by atoms with E-state index in [4.69, 9.17) is 19.4 Å². The van der Waals surface area contributed by atoms with Gasteiger partial charge in [0.2, 0.25) is 5.09 Å². The minimum atomic E-state index is -4.03. The van der Waals surface area contributed by atoms with Crippen LogP contribution in [-0.4, -0.2) is 56.1 Å². The van der Waals surface area contributed by atoms with Crippen molar-refractivity contribution in [3.63, 3.8) is 0 Å². The van der Waals surface area contributed by atoms with Crippen molar-refractivity contribution < 1.29 is 32.3 Å². The summed E-state index contributed by atoms with van der Waals surface area (Å²) in [5.74, 6) is -2.01. The van der Waals surface area contributed by atoms with Crippen LogP contribution in [0.2, 0.25) is 0 Å². The average molecular weight is 304 g/mol. The number of furan rings is 1. The van der Waals surface area contributed by atoms with Gasteiger partial charge in [-0.25, -0.2) is 18.4 Å². The van der Waals surface area contributed by atoms with Crippen molar-refractivity contribution >= 4 is 21.9 Å². The number of amides is 1. The van der Waals surface area contributed by atoms with Gasteiger partial charge in [0, 0.05) is 6.54 Å².